The molecule has 0 N–H and O–H groups in total. The van der Waals surface area contributed by atoms with Crippen molar-refractivity contribution in [3.05, 3.63) is 58.0 Å². The van der Waals surface area contributed by atoms with Crippen LogP contribution in [0, 0.1) is 13.8 Å². The summed E-state index contributed by atoms with van der Waals surface area (Å²) >= 11 is 0. The van der Waals surface area contributed by atoms with Crippen LogP contribution in [0.3, 0.4) is 0 Å². The maximum Gasteiger partial charge on any atom is 0.250 e. The maximum atomic E-state index is 11.5. The van der Waals surface area contributed by atoms with Crippen molar-refractivity contribution < 1.29 is 0 Å². The van der Waals surface area contributed by atoms with Crippen molar-refractivity contribution in [1.82, 2.24) is 4.57 Å². The quantitative estimate of drug-likeness (QED) is 0.713. The number of benzene rings is 1. The van der Waals surface area contributed by atoms with Crippen molar-refractivity contribution in [3.8, 4) is 11.1 Å². The summed E-state index contributed by atoms with van der Waals surface area (Å²) in [5.41, 5.74) is 4.62. The number of aryl methyl sites for hydroxylation is 3. The second-order valence-corrected chi connectivity index (χ2v) is 4.16. The molecule has 0 aliphatic rings. The Balaban J connectivity index is 2.55. The van der Waals surface area contributed by atoms with Crippen LogP contribution in [0.5, 0.6) is 0 Å². The minimum absolute atomic E-state index is 0.0238. The molecule has 0 bridgehead atoms. The number of nitrogens with zero attached hydrogens (tertiary/aromatic N) is 1. The SMILES string of the molecule is Cc1ccc(-c2ccn(C)c(=O)c2)cc1C. The lowest BCUT2D eigenvalue weighted by molar-refractivity contribution is 0.861. The summed E-state index contributed by atoms with van der Waals surface area (Å²) in [6.45, 7) is 4.17. The van der Waals surface area contributed by atoms with Gasteiger partial charge in [0.15, 0.2) is 0 Å². The van der Waals surface area contributed by atoms with Gasteiger partial charge >= 0.3 is 0 Å². The van der Waals surface area contributed by atoms with Crippen LogP contribution in [0.4, 0.5) is 0 Å². The summed E-state index contributed by atoms with van der Waals surface area (Å²) in [6, 6.07) is 9.89. The first-order chi connectivity index (χ1) is 7.58. The maximum absolute atomic E-state index is 11.5. The topological polar surface area (TPSA) is 22.0 Å². The highest BCUT2D eigenvalue weighted by Gasteiger charge is 2.01. The van der Waals surface area contributed by atoms with Gasteiger partial charge in [0.1, 0.15) is 0 Å². The third kappa shape index (κ3) is 1.91. The molecule has 82 valence electrons. The molecule has 2 rings (SSSR count). The molecule has 2 aromatic rings. The van der Waals surface area contributed by atoms with E-state index in [1.54, 1.807) is 23.9 Å². The predicted octanol–water partition coefficient (Wildman–Crippen LogP) is 2.67. The third-order valence-electron chi connectivity index (χ3n) is 2.94. The first-order valence-electron chi connectivity index (χ1n) is 5.32. The van der Waals surface area contributed by atoms with Crippen molar-refractivity contribution in [3.63, 3.8) is 0 Å². The van der Waals surface area contributed by atoms with Crippen LogP contribution in [0.2, 0.25) is 0 Å². The molecule has 2 nitrogen and oxygen atoms in total. The Kier molecular flexibility index (Phi) is 2.65. The molecule has 2 heteroatoms. The Morgan fingerprint density at radius 3 is 2.25 bits per heavy atom. The van der Waals surface area contributed by atoms with Gasteiger partial charge in [-0.15, -0.1) is 0 Å². The Morgan fingerprint density at radius 1 is 0.938 bits per heavy atom. The van der Waals surface area contributed by atoms with Crippen LogP contribution in [0.25, 0.3) is 11.1 Å². The Morgan fingerprint density at radius 2 is 1.62 bits per heavy atom. The average molecular weight is 213 g/mol. The molecule has 0 aliphatic heterocycles. The number of pyridine rings is 1. The van der Waals surface area contributed by atoms with E-state index in [0.29, 0.717) is 0 Å². The third-order valence-corrected chi connectivity index (χ3v) is 2.94. The zero-order valence-electron chi connectivity index (χ0n) is 9.82. The molecular weight excluding hydrogens is 198 g/mol. The first-order valence-corrected chi connectivity index (χ1v) is 5.32. The lowest BCUT2D eigenvalue weighted by Gasteiger charge is -2.06. The summed E-state index contributed by atoms with van der Waals surface area (Å²) < 4.78 is 1.57. The van der Waals surface area contributed by atoms with E-state index < -0.39 is 0 Å². The largest absolute Gasteiger partial charge is 0.319 e. The van der Waals surface area contributed by atoms with Gasteiger partial charge in [0, 0.05) is 19.3 Å². The van der Waals surface area contributed by atoms with E-state index >= 15 is 0 Å². The van der Waals surface area contributed by atoms with E-state index in [1.165, 1.54) is 11.1 Å². The van der Waals surface area contributed by atoms with E-state index in [2.05, 4.69) is 32.0 Å². The van der Waals surface area contributed by atoms with Gasteiger partial charge < -0.3 is 4.57 Å². The van der Waals surface area contributed by atoms with E-state index in [1.807, 2.05) is 6.07 Å². The second-order valence-electron chi connectivity index (χ2n) is 4.16. The number of hydrogen-bond acceptors (Lipinski definition) is 1. The van der Waals surface area contributed by atoms with E-state index in [9.17, 15) is 4.79 Å². The van der Waals surface area contributed by atoms with Gasteiger partial charge in [0.2, 0.25) is 0 Å². The zero-order valence-corrected chi connectivity index (χ0v) is 9.82. The van der Waals surface area contributed by atoms with Crippen molar-refractivity contribution in [2.24, 2.45) is 7.05 Å². The summed E-state index contributed by atoms with van der Waals surface area (Å²) in [7, 11) is 1.76. The molecule has 0 fully saturated rings. The van der Waals surface area contributed by atoms with Crippen molar-refractivity contribution in [2.45, 2.75) is 13.8 Å². The Hall–Kier alpha value is -1.83. The van der Waals surface area contributed by atoms with Crippen LogP contribution >= 0.6 is 0 Å². The lowest BCUT2D eigenvalue weighted by atomic mass is 10.0. The van der Waals surface area contributed by atoms with Crippen molar-refractivity contribution in [2.75, 3.05) is 0 Å². The standard InChI is InChI=1S/C14H15NO/c1-10-4-5-12(8-11(10)2)13-6-7-15(3)14(16)9-13/h4-9H,1-3H3. The first kappa shape index (κ1) is 10.7. The fourth-order valence-corrected chi connectivity index (χ4v) is 1.65. The van der Waals surface area contributed by atoms with Gasteiger partial charge in [0.05, 0.1) is 0 Å². The van der Waals surface area contributed by atoms with Gasteiger partial charge in [0.25, 0.3) is 5.56 Å². The Labute approximate surface area is 95.2 Å². The fraction of sp³-hybridized carbons (Fsp3) is 0.214. The highest BCUT2D eigenvalue weighted by Crippen LogP contribution is 2.20. The molecule has 0 unspecified atom stereocenters. The van der Waals surface area contributed by atoms with Crippen LogP contribution in [0.1, 0.15) is 11.1 Å². The smallest absolute Gasteiger partial charge is 0.250 e. The second kappa shape index (κ2) is 3.97. The highest BCUT2D eigenvalue weighted by molar-refractivity contribution is 5.64. The molecule has 0 saturated heterocycles. The van der Waals surface area contributed by atoms with Gasteiger partial charge in [-0.1, -0.05) is 18.2 Å². The minimum atomic E-state index is 0.0238. The van der Waals surface area contributed by atoms with E-state index in [4.69, 9.17) is 0 Å². The predicted molar refractivity (Wildman–Crippen MR) is 66.6 cm³/mol. The molecule has 16 heavy (non-hydrogen) atoms. The summed E-state index contributed by atoms with van der Waals surface area (Å²) in [5.74, 6) is 0. The zero-order chi connectivity index (χ0) is 11.7. The van der Waals surface area contributed by atoms with Gasteiger partial charge in [-0.05, 0) is 42.2 Å². The number of hydrogen-bond donors (Lipinski definition) is 0. The average Bonchev–Trinajstić information content (AvgIpc) is 2.26. The molecule has 0 spiro atoms. The minimum Gasteiger partial charge on any atom is -0.319 e. The monoisotopic (exact) mass is 213 g/mol. The number of rotatable bonds is 1. The van der Waals surface area contributed by atoms with Crippen LogP contribution < -0.4 is 5.56 Å². The molecule has 0 radical (unpaired) electrons. The fourth-order valence-electron chi connectivity index (χ4n) is 1.65. The molecular formula is C14H15NO. The Bertz CT molecular complexity index is 582. The highest BCUT2D eigenvalue weighted by atomic mass is 16.1. The van der Waals surface area contributed by atoms with Crippen LogP contribution in [-0.4, -0.2) is 4.57 Å². The number of aromatic nitrogens is 1. The lowest BCUT2D eigenvalue weighted by Crippen LogP contribution is -2.14. The summed E-state index contributed by atoms with van der Waals surface area (Å²) in [4.78, 5) is 11.5. The van der Waals surface area contributed by atoms with E-state index in [-0.39, 0.29) is 5.56 Å². The van der Waals surface area contributed by atoms with Gasteiger partial charge in [-0.2, -0.15) is 0 Å². The normalized spacial score (nSPS) is 10.4. The van der Waals surface area contributed by atoms with Crippen LogP contribution in [0.15, 0.2) is 41.3 Å². The van der Waals surface area contributed by atoms with Gasteiger partial charge in [-0.25, -0.2) is 0 Å². The van der Waals surface area contributed by atoms with Gasteiger partial charge in [-0.3, -0.25) is 4.79 Å². The summed E-state index contributed by atoms with van der Waals surface area (Å²) in [5, 5.41) is 0. The molecule has 0 amide bonds. The molecule has 0 aliphatic carbocycles. The molecule has 1 aromatic heterocycles. The molecule has 1 heterocycles. The molecule has 0 saturated carbocycles. The summed E-state index contributed by atoms with van der Waals surface area (Å²) in [6.07, 6.45) is 1.80. The van der Waals surface area contributed by atoms with E-state index in [0.717, 1.165) is 11.1 Å². The van der Waals surface area contributed by atoms with Crippen molar-refractivity contribution >= 4 is 0 Å². The molecule has 0 atom stereocenters. The van der Waals surface area contributed by atoms with Crippen LogP contribution in [-0.2, 0) is 7.05 Å². The molecule has 1 aromatic carbocycles. The van der Waals surface area contributed by atoms with Crippen molar-refractivity contribution in [1.29, 1.82) is 0 Å².